The summed E-state index contributed by atoms with van der Waals surface area (Å²) in [6.45, 7) is 0.414. The largest absolute Gasteiger partial charge is 0.480 e. The van der Waals surface area contributed by atoms with Crippen LogP contribution in [0.1, 0.15) is 51.4 Å². The van der Waals surface area contributed by atoms with Gasteiger partial charge in [0.05, 0.1) is 0 Å². The van der Waals surface area contributed by atoms with Crippen LogP contribution >= 0.6 is 0 Å². The first-order valence-corrected chi connectivity index (χ1v) is 7.96. The number of terminal acetylenes is 1. The Balaban J connectivity index is 2.14. The molecular formula is C16H26N2O4. The Hall–Kier alpha value is -1.74. The van der Waals surface area contributed by atoms with Crippen LogP contribution in [0.3, 0.4) is 0 Å². The van der Waals surface area contributed by atoms with E-state index >= 15 is 0 Å². The second-order valence-corrected chi connectivity index (χ2v) is 5.60. The summed E-state index contributed by atoms with van der Waals surface area (Å²) in [5, 5.41) is 15.1. The van der Waals surface area contributed by atoms with E-state index in [0.29, 0.717) is 25.4 Å². The normalized spacial score (nSPS) is 16.5. The fraction of sp³-hybridized carbons (Fsp3) is 0.750. The van der Waals surface area contributed by atoms with Gasteiger partial charge in [-0.15, -0.1) is 6.42 Å². The van der Waals surface area contributed by atoms with Gasteiger partial charge in [-0.25, -0.2) is 4.79 Å². The third-order valence-electron chi connectivity index (χ3n) is 3.82. The summed E-state index contributed by atoms with van der Waals surface area (Å²) in [7, 11) is 0. The van der Waals surface area contributed by atoms with Crippen LogP contribution in [0.25, 0.3) is 0 Å². The minimum atomic E-state index is -0.799. The number of carboxylic acid groups (broad SMARTS) is 1. The zero-order valence-corrected chi connectivity index (χ0v) is 13.0. The van der Waals surface area contributed by atoms with E-state index in [0.717, 1.165) is 19.3 Å². The predicted octanol–water partition coefficient (Wildman–Crippen LogP) is 1.89. The number of carbonyl (C=O) groups excluding carboxylic acids is 1. The molecule has 22 heavy (non-hydrogen) atoms. The van der Waals surface area contributed by atoms with Crippen LogP contribution in [0.4, 0.5) is 4.79 Å². The van der Waals surface area contributed by atoms with Gasteiger partial charge < -0.3 is 20.5 Å². The maximum atomic E-state index is 11.3. The van der Waals surface area contributed by atoms with E-state index in [1.165, 1.54) is 19.3 Å². The van der Waals surface area contributed by atoms with E-state index < -0.39 is 18.1 Å². The van der Waals surface area contributed by atoms with Crippen LogP contribution in [-0.2, 0) is 9.53 Å². The van der Waals surface area contributed by atoms with E-state index in [9.17, 15) is 14.7 Å². The van der Waals surface area contributed by atoms with Crippen LogP contribution in [0.5, 0.6) is 0 Å². The van der Waals surface area contributed by atoms with Crippen LogP contribution in [0.2, 0.25) is 0 Å². The summed E-state index contributed by atoms with van der Waals surface area (Å²) in [5.74, 6) is 1.41. The summed E-state index contributed by atoms with van der Waals surface area (Å²) < 4.78 is 4.66. The molecule has 1 atom stereocenters. The number of ether oxygens (including phenoxy) is 1. The molecule has 0 aliphatic heterocycles. The summed E-state index contributed by atoms with van der Waals surface area (Å²) in [5.41, 5.74) is 0. The third kappa shape index (κ3) is 7.89. The van der Waals surface area contributed by atoms with Gasteiger partial charge in [0.25, 0.3) is 0 Å². The molecule has 0 radical (unpaired) electrons. The Morgan fingerprint density at radius 1 is 1.27 bits per heavy atom. The van der Waals surface area contributed by atoms with E-state index in [4.69, 9.17) is 6.42 Å². The first-order valence-electron chi connectivity index (χ1n) is 7.96. The Bertz CT molecular complexity index is 386. The van der Waals surface area contributed by atoms with Crippen LogP contribution in [0, 0.1) is 12.3 Å². The Labute approximate surface area is 132 Å². The van der Waals surface area contributed by atoms with Crippen molar-refractivity contribution >= 4 is 12.1 Å². The predicted molar refractivity (Wildman–Crippen MR) is 83.5 cm³/mol. The van der Waals surface area contributed by atoms with Crippen molar-refractivity contribution in [1.82, 2.24) is 10.6 Å². The molecule has 0 saturated heterocycles. The number of hydrogen-bond acceptors (Lipinski definition) is 4. The smallest absolute Gasteiger partial charge is 0.408 e. The van der Waals surface area contributed by atoms with Gasteiger partial charge in [0.1, 0.15) is 6.04 Å². The number of carboxylic acids is 1. The highest BCUT2D eigenvalue weighted by atomic mass is 16.5. The van der Waals surface area contributed by atoms with Crippen molar-refractivity contribution in [1.29, 1.82) is 0 Å². The van der Waals surface area contributed by atoms with Crippen molar-refractivity contribution in [3.05, 3.63) is 0 Å². The summed E-state index contributed by atoms with van der Waals surface area (Å²) in [6.07, 6.45) is 12.2. The number of aliphatic carboxylic acids is 1. The lowest BCUT2D eigenvalue weighted by Gasteiger charge is -2.26. The van der Waals surface area contributed by atoms with Crippen LogP contribution in [0.15, 0.2) is 0 Å². The standard InChI is InChI=1S/C16H26N2O4/c1-2-12-22-16(21)17-11-7-6-10-14(15(19)20)18-13-8-4-3-5-9-13/h1,13-14,18H,3-12H2,(H,17,21)(H,19,20). The van der Waals surface area contributed by atoms with Gasteiger partial charge >= 0.3 is 12.1 Å². The number of carbonyl (C=O) groups is 2. The number of amides is 1. The van der Waals surface area contributed by atoms with E-state index in [2.05, 4.69) is 21.3 Å². The monoisotopic (exact) mass is 310 g/mol. The molecule has 0 bridgehead atoms. The molecule has 0 aromatic rings. The SMILES string of the molecule is C#CCOC(=O)NCCCCC(NC1CCCCC1)C(=O)O. The molecule has 6 nitrogen and oxygen atoms in total. The fourth-order valence-electron chi connectivity index (χ4n) is 2.65. The summed E-state index contributed by atoms with van der Waals surface area (Å²) >= 11 is 0. The number of unbranched alkanes of at least 4 members (excludes halogenated alkanes) is 1. The molecule has 1 rings (SSSR count). The lowest BCUT2D eigenvalue weighted by molar-refractivity contribution is -0.140. The molecule has 1 saturated carbocycles. The van der Waals surface area contributed by atoms with Crippen LogP contribution in [-0.4, -0.2) is 42.4 Å². The van der Waals surface area contributed by atoms with E-state index in [1.54, 1.807) is 0 Å². The van der Waals surface area contributed by atoms with Gasteiger partial charge in [0, 0.05) is 12.6 Å². The second kappa shape index (κ2) is 10.9. The van der Waals surface area contributed by atoms with Crippen molar-refractivity contribution in [2.45, 2.75) is 63.5 Å². The van der Waals surface area contributed by atoms with Gasteiger partial charge in [-0.3, -0.25) is 4.79 Å². The van der Waals surface area contributed by atoms with Gasteiger partial charge in [0.15, 0.2) is 6.61 Å². The highest BCUT2D eigenvalue weighted by Gasteiger charge is 2.22. The van der Waals surface area contributed by atoms with E-state index in [1.807, 2.05) is 0 Å². The van der Waals surface area contributed by atoms with Crippen molar-refractivity contribution in [2.24, 2.45) is 0 Å². The molecule has 0 spiro atoms. The zero-order valence-electron chi connectivity index (χ0n) is 13.0. The molecule has 1 unspecified atom stereocenters. The summed E-state index contributed by atoms with van der Waals surface area (Å²) in [6, 6.07) is -0.178. The highest BCUT2D eigenvalue weighted by molar-refractivity contribution is 5.73. The van der Waals surface area contributed by atoms with Crippen molar-refractivity contribution < 1.29 is 19.4 Å². The average Bonchev–Trinajstić information content (AvgIpc) is 2.52. The fourth-order valence-corrected chi connectivity index (χ4v) is 2.65. The van der Waals surface area contributed by atoms with Crippen molar-refractivity contribution in [3.8, 4) is 12.3 Å². The Morgan fingerprint density at radius 3 is 2.64 bits per heavy atom. The average molecular weight is 310 g/mol. The third-order valence-corrected chi connectivity index (χ3v) is 3.82. The zero-order chi connectivity index (χ0) is 16.2. The first-order chi connectivity index (χ1) is 10.6. The number of nitrogens with one attached hydrogen (secondary N) is 2. The highest BCUT2D eigenvalue weighted by Crippen LogP contribution is 2.18. The topological polar surface area (TPSA) is 87.7 Å². The molecule has 0 aromatic heterocycles. The lowest BCUT2D eigenvalue weighted by atomic mass is 9.94. The molecule has 0 aromatic carbocycles. The number of hydrogen-bond donors (Lipinski definition) is 3. The van der Waals surface area contributed by atoms with Gasteiger partial charge in [-0.1, -0.05) is 25.2 Å². The quantitative estimate of drug-likeness (QED) is 0.447. The molecule has 1 fully saturated rings. The maximum absolute atomic E-state index is 11.3. The molecule has 1 amide bonds. The molecule has 3 N–H and O–H groups in total. The maximum Gasteiger partial charge on any atom is 0.408 e. The molecule has 1 aliphatic rings. The van der Waals surface area contributed by atoms with Crippen molar-refractivity contribution in [3.63, 3.8) is 0 Å². The van der Waals surface area contributed by atoms with E-state index in [-0.39, 0.29) is 6.61 Å². The molecule has 6 heteroatoms. The molecule has 124 valence electrons. The second-order valence-electron chi connectivity index (χ2n) is 5.60. The Kier molecular flexibility index (Phi) is 9.08. The minimum absolute atomic E-state index is 0.0434. The molecular weight excluding hydrogens is 284 g/mol. The van der Waals surface area contributed by atoms with Gasteiger partial charge in [0.2, 0.25) is 0 Å². The lowest BCUT2D eigenvalue weighted by Crippen LogP contribution is -2.44. The summed E-state index contributed by atoms with van der Waals surface area (Å²) in [4.78, 5) is 22.4. The van der Waals surface area contributed by atoms with Gasteiger partial charge in [-0.2, -0.15) is 0 Å². The molecule has 1 aliphatic carbocycles. The first kappa shape index (κ1) is 18.3. The number of rotatable bonds is 9. The van der Waals surface area contributed by atoms with Gasteiger partial charge in [-0.05, 0) is 32.1 Å². The van der Waals surface area contributed by atoms with Crippen LogP contribution < -0.4 is 10.6 Å². The molecule has 0 heterocycles. The number of alkyl carbamates (subject to hydrolysis) is 1. The Morgan fingerprint density at radius 2 is 2.00 bits per heavy atom. The van der Waals surface area contributed by atoms with Crippen molar-refractivity contribution in [2.75, 3.05) is 13.2 Å². The minimum Gasteiger partial charge on any atom is -0.480 e.